The lowest BCUT2D eigenvalue weighted by Gasteiger charge is -2.33. The quantitative estimate of drug-likeness (QED) is 0.738. The smallest absolute Gasteiger partial charge is 0.267 e. The van der Waals surface area contributed by atoms with Gasteiger partial charge < -0.3 is 21.1 Å². The number of ether oxygens (including phenoxy) is 1. The van der Waals surface area contributed by atoms with Crippen LogP contribution in [0.25, 0.3) is 0 Å². The van der Waals surface area contributed by atoms with E-state index < -0.39 is 11.6 Å². The molecule has 29 heavy (non-hydrogen) atoms. The van der Waals surface area contributed by atoms with Gasteiger partial charge in [0.25, 0.3) is 5.91 Å². The Bertz CT molecular complexity index is 1010. The zero-order valence-corrected chi connectivity index (χ0v) is 16.3. The van der Waals surface area contributed by atoms with Crippen LogP contribution >= 0.6 is 0 Å². The number of hydrogen-bond donors (Lipinski definition) is 3. The molecule has 2 amide bonds. The van der Waals surface area contributed by atoms with Crippen molar-refractivity contribution in [2.24, 2.45) is 10.7 Å². The molecule has 2 heterocycles. The molecule has 8 nitrogen and oxygen atoms in total. The molecule has 2 aromatic rings. The number of benzene rings is 2. The van der Waals surface area contributed by atoms with Crippen LogP contribution in [-0.2, 0) is 15.1 Å². The number of carbonyl (C=O) groups excluding carboxylic acids is 2. The number of aliphatic imine (C=N–C) groups is 1. The molecule has 2 unspecified atom stereocenters. The van der Waals surface area contributed by atoms with Crippen LogP contribution in [0.5, 0.6) is 5.75 Å². The van der Waals surface area contributed by atoms with E-state index in [-0.39, 0.29) is 24.2 Å². The molecule has 2 aliphatic rings. The fraction of sp³-hybridized carbons (Fsp3) is 0.286. The van der Waals surface area contributed by atoms with Crippen molar-refractivity contribution in [3.8, 4) is 5.75 Å². The summed E-state index contributed by atoms with van der Waals surface area (Å²) in [6, 6.07) is 14.8. The highest BCUT2D eigenvalue weighted by Crippen LogP contribution is 2.34. The second-order valence-corrected chi connectivity index (χ2v) is 7.43. The molecule has 0 saturated carbocycles. The van der Waals surface area contributed by atoms with Gasteiger partial charge in [-0.2, -0.15) is 0 Å². The maximum atomic E-state index is 12.7. The Hall–Kier alpha value is -3.55. The van der Waals surface area contributed by atoms with Crippen molar-refractivity contribution < 1.29 is 14.3 Å². The fourth-order valence-corrected chi connectivity index (χ4v) is 3.49. The molecule has 4 rings (SSSR count). The number of nitrogens with two attached hydrogens (primary N) is 1. The van der Waals surface area contributed by atoms with Crippen molar-refractivity contribution in [1.29, 1.82) is 0 Å². The summed E-state index contributed by atoms with van der Waals surface area (Å²) in [6.07, 6.45) is -0.448. The lowest BCUT2D eigenvalue weighted by Crippen LogP contribution is -2.47. The third-order valence-electron chi connectivity index (χ3n) is 5.25. The summed E-state index contributed by atoms with van der Waals surface area (Å²) in [7, 11) is 1.60. The maximum Gasteiger partial charge on any atom is 0.267 e. The molecular formula is C21H23N5O3. The molecule has 0 bridgehead atoms. The van der Waals surface area contributed by atoms with Crippen LogP contribution in [0.3, 0.4) is 0 Å². The first-order valence-corrected chi connectivity index (χ1v) is 9.38. The van der Waals surface area contributed by atoms with Crippen LogP contribution in [0.15, 0.2) is 53.5 Å². The lowest BCUT2D eigenvalue weighted by atomic mass is 9.87. The van der Waals surface area contributed by atoms with E-state index in [9.17, 15) is 9.59 Å². The number of rotatable bonds is 3. The van der Waals surface area contributed by atoms with Crippen LogP contribution in [0.2, 0.25) is 0 Å². The van der Waals surface area contributed by atoms with Gasteiger partial charge in [-0.05, 0) is 36.8 Å². The normalized spacial score (nSPS) is 23.4. The number of nitrogens with zero attached hydrogens (tertiary/aromatic N) is 2. The first-order chi connectivity index (χ1) is 13.9. The Kier molecular flexibility index (Phi) is 4.62. The van der Waals surface area contributed by atoms with E-state index in [1.54, 1.807) is 13.1 Å². The highest BCUT2D eigenvalue weighted by Gasteiger charge is 2.36. The van der Waals surface area contributed by atoms with Gasteiger partial charge in [0.05, 0.1) is 24.2 Å². The summed E-state index contributed by atoms with van der Waals surface area (Å²) >= 11 is 0. The van der Waals surface area contributed by atoms with Crippen molar-refractivity contribution in [1.82, 2.24) is 4.90 Å². The summed E-state index contributed by atoms with van der Waals surface area (Å²) in [6.45, 7) is 2.23. The van der Waals surface area contributed by atoms with E-state index in [1.165, 1.54) is 4.90 Å². The van der Waals surface area contributed by atoms with Gasteiger partial charge in [-0.1, -0.05) is 24.3 Å². The predicted octanol–water partition coefficient (Wildman–Crippen LogP) is 1.89. The van der Waals surface area contributed by atoms with Gasteiger partial charge in [-0.3, -0.25) is 14.5 Å². The Morgan fingerprint density at radius 2 is 2.10 bits per heavy atom. The molecule has 2 atom stereocenters. The van der Waals surface area contributed by atoms with E-state index >= 15 is 0 Å². The van der Waals surface area contributed by atoms with E-state index in [2.05, 4.69) is 15.6 Å². The lowest BCUT2D eigenvalue weighted by molar-refractivity contribution is -0.128. The van der Waals surface area contributed by atoms with Crippen LogP contribution < -0.4 is 21.1 Å². The Labute approximate surface area is 168 Å². The third-order valence-corrected chi connectivity index (χ3v) is 5.25. The van der Waals surface area contributed by atoms with Gasteiger partial charge in [0.15, 0.2) is 12.1 Å². The van der Waals surface area contributed by atoms with Gasteiger partial charge in [0, 0.05) is 12.7 Å². The molecule has 8 heteroatoms. The summed E-state index contributed by atoms with van der Waals surface area (Å²) in [5.41, 5.74) is 7.39. The molecule has 150 valence electrons. The number of amides is 2. The Morgan fingerprint density at radius 1 is 1.31 bits per heavy atom. The standard InChI is InChI=1S/C21H23N5O3/c1-21(11-18(27)26(2)20(22)25-21)13-6-5-7-14(10-13)24-19(28)17-12-23-15-8-3-4-9-16(15)29-17/h3-10,17,23H,11-12H2,1-2H3,(H2,22,25)(H,24,28). The van der Waals surface area contributed by atoms with E-state index in [0.717, 1.165) is 11.3 Å². The first-order valence-electron chi connectivity index (χ1n) is 9.38. The molecule has 0 saturated heterocycles. The van der Waals surface area contributed by atoms with Crippen LogP contribution in [0.1, 0.15) is 18.9 Å². The average Bonchev–Trinajstić information content (AvgIpc) is 2.72. The second-order valence-electron chi connectivity index (χ2n) is 7.43. The number of para-hydroxylation sites is 2. The SMILES string of the molecule is CN1C(=O)CC(C)(c2cccc(NC(=O)C3CNc4ccccc4O3)c2)N=C1N. The van der Waals surface area contributed by atoms with Crippen LogP contribution in [0.4, 0.5) is 11.4 Å². The summed E-state index contributed by atoms with van der Waals surface area (Å²) in [4.78, 5) is 30.8. The summed E-state index contributed by atoms with van der Waals surface area (Å²) < 4.78 is 5.81. The molecule has 0 aromatic heterocycles. The van der Waals surface area contributed by atoms with Crippen molar-refractivity contribution in [2.45, 2.75) is 25.0 Å². The molecule has 0 radical (unpaired) electrons. The highest BCUT2D eigenvalue weighted by molar-refractivity contribution is 5.99. The fourth-order valence-electron chi connectivity index (χ4n) is 3.49. The number of hydrogen-bond acceptors (Lipinski definition) is 6. The average molecular weight is 393 g/mol. The largest absolute Gasteiger partial charge is 0.477 e. The van der Waals surface area contributed by atoms with Crippen LogP contribution in [0, 0.1) is 0 Å². The topological polar surface area (TPSA) is 109 Å². The van der Waals surface area contributed by atoms with Crippen molar-refractivity contribution in [2.75, 3.05) is 24.2 Å². The Balaban J connectivity index is 1.51. The van der Waals surface area contributed by atoms with Crippen molar-refractivity contribution in [3.63, 3.8) is 0 Å². The number of guanidine groups is 1. The van der Waals surface area contributed by atoms with Gasteiger partial charge in [-0.25, -0.2) is 4.99 Å². The second kappa shape index (κ2) is 7.12. The molecule has 0 aliphatic carbocycles. The number of carbonyl (C=O) groups is 2. The van der Waals surface area contributed by atoms with Gasteiger partial charge in [-0.15, -0.1) is 0 Å². The minimum atomic E-state index is -0.781. The van der Waals surface area contributed by atoms with Gasteiger partial charge in [0.1, 0.15) is 5.75 Å². The third kappa shape index (κ3) is 3.61. The molecular weight excluding hydrogens is 370 g/mol. The summed E-state index contributed by atoms with van der Waals surface area (Å²) in [5.74, 6) is 0.472. The monoisotopic (exact) mass is 393 g/mol. The predicted molar refractivity (Wildman–Crippen MR) is 111 cm³/mol. The minimum Gasteiger partial charge on any atom is -0.477 e. The highest BCUT2D eigenvalue weighted by atomic mass is 16.5. The Morgan fingerprint density at radius 3 is 2.90 bits per heavy atom. The van der Waals surface area contributed by atoms with Gasteiger partial charge in [0.2, 0.25) is 5.91 Å². The number of fused-ring (bicyclic) bond motifs is 1. The van der Waals surface area contributed by atoms with E-state index in [1.807, 2.05) is 49.4 Å². The molecule has 2 aliphatic heterocycles. The zero-order valence-electron chi connectivity index (χ0n) is 16.3. The minimum absolute atomic E-state index is 0.102. The molecule has 0 spiro atoms. The zero-order chi connectivity index (χ0) is 20.6. The van der Waals surface area contributed by atoms with Gasteiger partial charge >= 0.3 is 0 Å². The van der Waals surface area contributed by atoms with Crippen molar-refractivity contribution in [3.05, 3.63) is 54.1 Å². The van der Waals surface area contributed by atoms with E-state index in [4.69, 9.17) is 10.5 Å². The number of anilines is 2. The van der Waals surface area contributed by atoms with Crippen LogP contribution in [-0.4, -0.2) is 42.4 Å². The maximum absolute atomic E-state index is 12.7. The summed E-state index contributed by atoms with van der Waals surface area (Å²) in [5, 5.41) is 6.09. The molecule has 4 N–H and O–H groups in total. The number of nitrogens with one attached hydrogen (secondary N) is 2. The molecule has 2 aromatic carbocycles. The molecule has 0 fully saturated rings. The van der Waals surface area contributed by atoms with Crippen molar-refractivity contribution >= 4 is 29.1 Å². The first kappa shape index (κ1) is 18.8. The van der Waals surface area contributed by atoms with E-state index in [0.29, 0.717) is 18.0 Å².